The summed E-state index contributed by atoms with van der Waals surface area (Å²) >= 11 is 0. The minimum Gasteiger partial charge on any atom is -0.493 e. The van der Waals surface area contributed by atoms with Crippen molar-refractivity contribution in [1.82, 2.24) is 0 Å². The van der Waals surface area contributed by atoms with E-state index in [-0.39, 0.29) is 5.82 Å². The summed E-state index contributed by atoms with van der Waals surface area (Å²) in [7, 11) is 0. The molecule has 0 aliphatic heterocycles. The predicted octanol–water partition coefficient (Wildman–Crippen LogP) is 3.59. The SMILES string of the molecule is CC(=NO)c1cc(F)ccc1OCC1CCCC1. The molecule has 1 saturated carbocycles. The van der Waals surface area contributed by atoms with E-state index in [0.717, 1.165) is 0 Å². The highest BCUT2D eigenvalue weighted by molar-refractivity contribution is 6.00. The summed E-state index contributed by atoms with van der Waals surface area (Å²) in [6, 6.07) is 4.28. The Labute approximate surface area is 106 Å². The summed E-state index contributed by atoms with van der Waals surface area (Å²) in [6.45, 7) is 2.27. The zero-order valence-electron chi connectivity index (χ0n) is 10.5. The fourth-order valence-corrected chi connectivity index (χ4v) is 2.35. The van der Waals surface area contributed by atoms with Crippen molar-refractivity contribution in [2.75, 3.05) is 6.61 Å². The summed E-state index contributed by atoms with van der Waals surface area (Å²) < 4.78 is 18.9. The number of benzene rings is 1. The fraction of sp³-hybridized carbons (Fsp3) is 0.500. The van der Waals surface area contributed by atoms with Gasteiger partial charge in [0.05, 0.1) is 12.3 Å². The second kappa shape index (κ2) is 5.85. The Balaban J connectivity index is 2.10. The lowest BCUT2D eigenvalue weighted by Gasteiger charge is -2.14. The van der Waals surface area contributed by atoms with Crippen molar-refractivity contribution in [2.45, 2.75) is 32.6 Å². The Hall–Kier alpha value is -1.58. The van der Waals surface area contributed by atoms with Crippen LogP contribution in [0, 0.1) is 11.7 Å². The van der Waals surface area contributed by atoms with E-state index in [1.54, 1.807) is 13.0 Å². The molecule has 1 aromatic rings. The van der Waals surface area contributed by atoms with Gasteiger partial charge in [-0.15, -0.1) is 0 Å². The maximum Gasteiger partial charge on any atom is 0.128 e. The summed E-state index contributed by atoms with van der Waals surface area (Å²) in [6.07, 6.45) is 4.93. The van der Waals surface area contributed by atoms with Gasteiger partial charge in [0.25, 0.3) is 0 Å². The third-order valence-electron chi connectivity index (χ3n) is 3.43. The van der Waals surface area contributed by atoms with Crippen molar-refractivity contribution in [2.24, 2.45) is 11.1 Å². The number of nitrogens with zero attached hydrogens (tertiary/aromatic N) is 1. The van der Waals surface area contributed by atoms with Crippen LogP contribution < -0.4 is 4.74 Å². The van der Waals surface area contributed by atoms with Gasteiger partial charge in [0.15, 0.2) is 0 Å². The average Bonchev–Trinajstić information content (AvgIpc) is 2.89. The molecular formula is C14H18FNO2. The molecule has 0 spiro atoms. The molecule has 1 aliphatic rings. The summed E-state index contributed by atoms with van der Waals surface area (Å²) in [5.74, 6) is 0.814. The Bertz CT molecular complexity index is 439. The van der Waals surface area contributed by atoms with E-state index in [1.807, 2.05) is 0 Å². The van der Waals surface area contributed by atoms with Crippen LogP contribution >= 0.6 is 0 Å². The fourth-order valence-electron chi connectivity index (χ4n) is 2.35. The molecule has 0 bridgehead atoms. The van der Waals surface area contributed by atoms with Crippen molar-refractivity contribution < 1.29 is 14.3 Å². The lowest BCUT2D eigenvalue weighted by atomic mass is 10.1. The van der Waals surface area contributed by atoms with Gasteiger partial charge in [0.2, 0.25) is 0 Å². The first-order valence-electron chi connectivity index (χ1n) is 6.32. The molecule has 0 atom stereocenters. The molecule has 98 valence electrons. The number of halogens is 1. The molecule has 18 heavy (non-hydrogen) atoms. The first-order valence-corrected chi connectivity index (χ1v) is 6.32. The number of hydrogen-bond donors (Lipinski definition) is 1. The molecule has 0 radical (unpaired) electrons. The minimum atomic E-state index is -0.360. The van der Waals surface area contributed by atoms with Gasteiger partial charge in [-0.05, 0) is 43.9 Å². The van der Waals surface area contributed by atoms with Crippen molar-refractivity contribution >= 4 is 5.71 Å². The van der Waals surface area contributed by atoms with Gasteiger partial charge in [0, 0.05) is 5.56 Å². The van der Waals surface area contributed by atoms with Gasteiger partial charge < -0.3 is 9.94 Å². The van der Waals surface area contributed by atoms with E-state index in [1.165, 1.54) is 37.8 Å². The molecule has 2 rings (SSSR count). The zero-order valence-corrected chi connectivity index (χ0v) is 10.5. The molecule has 1 N–H and O–H groups in total. The molecule has 0 saturated heterocycles. The number of ether oxygens (including phenoxy) is 1. The third kappa shape index (κ3) is 3.00. The number of rotatable bonds is 4. The number of hydrogen-bond acceptors (Lipinski definition) is 3. The maximum atomic E-state index is 13.2. The maximum absolute atomic E-state index is 13.2. The van der Waals surface area contributed by atoms with Crippen LogP contribution in [-0.4, -0.2) is 17.5 Å². The quantitative estimate of drug-likeness (QED) is 0.504. The highest BCUT2D eigenvalue weighted by atomic mass is 19.1. The van der Waals surface area contributed by atoms with E-state index in [0.29, 0.717) is 29.5 Å². The molecule has 0 heterocycles. The molecule has 0 aromatic heterocycles. The van der Waals surface area contributed by atoms with Crippen LogP contribution in [0.1, 0.15) is 38.2 Å². The van der Waals surface area contributed by atoms with Crippen molar-refractivity contribution in [3.05, 3.63) is 29.6 Å². The van der Waals surface area contributed by atoms with E-state index in [2.05, 4.69) is 5.16 Å². The monoisotopic (exact) mass is 251 g/mol. The van der Waals surface area contributed by atoms with Crippen LogP contribution in [0.2, 0.25) is 0 Å². The molecule has 1 aliphatic carbocycles. The Morgan fingerprint density at radius 1 is 1.44 bits per heavy atom. The van der Waals surface area contributed by atoms with Crippen LogP contribution in [0.3, 0.4) is 0 Å². The highest BCUT2D eigenvalue weighted by Crippen LogP contribution is 2.27. The highest BCUT2D eigenvalue weighted by Gasteiger charge is 2.17. The molecule has 3 nitrogen and oxygen atoms in total. The molecule has 1 aromatic carbocycles. The van der Waals surface area contributed by atoms with E-state index in [4.69, 9.17) is 9.94 Å². The van der Waals surface area contributed by atoms with Crippen LogP contribution in [-0.2, 0) is 0 Å². The molecule has 0 unspecified atom stereocenters. The largest absolute Gasteiger partial charge is 0.493 e. The van der Waals surface area contributed by atoms with Gasteiger partial charge in [-0.25, -0.2) is 4.39 Å². The Kier molecular flexibility index (Phi) is 4.18. The van der Waals surface area contributed by atoms with Crippen LogP contribution in [0.25, 0.3) is 0 Å². The minimum absolute atomic E-state index is 0.357. The molecular weight excluding hydrogens is 233 g/mol. The van der Waals surface area contributed by atoms with E-state index >= 15 is 0 Å². The van der Waals surface area contributed by atoms with E-state index in [9.17, 15) is 4.39 Å². The summed E-state index contributed by atoms with van der Waals surface area (Å²) in [5, 5.41) is 11.9. The van der Waals surface area contributed by atoms with Gasteiger partial charge in [-0.3, -0.25) is 0 Å². The smallest absolute Gasteiger partial charge is 0.128 e. The van der Waals surface area contributed by atoms with Gasteiger partial charge in [-0.1, -0.05) is 18.0 Å². The zero-order chi connectivity index (χ0) is 13.0. The second-order valence-corrected chi connectivity index (χ2v) is 4.79. The lowest BCUT2D eigenvalue weighted by molar-refractivity contribution is 0.251. The second-order valence-electron chi connectivity index (χ2n) is 4.79. The Morgan fingerprint density at radius 2 is 2.17 bits per heavy atom. The number of oxime groups is 1. The normalized spacial score (nSPS) is 17.1. The standard InChI is InChI=1S/C14H18FNO2/c1-10(16-17)13-8-12(15)6-7-14(13)18-9-11-4-2-3-5-11/h6-8,11,17H,2-5,9H2,1H3. The Morgan fingerprint density at radius 3 is 2.83 bits per heavy atom. The van der Waals surface area contributed by atoms with Crippen molar-refractivity contribution in [3.63, 3.8) is 0 Å². The summed E-state index contributed by atoms with van der Waals surface area (Å²) in [4.78, 5) is 0. The third-order valence-corrected chi connectivity index (χ3v) is 3.43. The summed E-state index contributed by atoms with van der Waals surface area (Å²) in [5.41, 5.74) is 0.867. The van der Waals surface area contributed by atoms with Crippen molar-refractivity contribution in [3.8, 4) is 5.75 Å². The first kappa shape index (κ1) is 12.9. The topological polar surface area (TPSA) is 41.8 Å². The molecule has 0 amide bonds. The van der Waals surface area contributed by atoms with E-state index < -0.39 is 0 Å². The van der Waals surface area contributed by atoms with Crippen LogP contribution in [0.15, 0.2) is 23.4 Å². The molecule has 1 fully saturated rings. The first-order chi connectivity index (χ1) is 8.70. The average molecular weight is 251 g/mol. The van der Waals surface area contributed by atoms with Crippen LogP contribution in [0.5, 0.6) is 5.75 Å². The van der Waals surface area contributed by atoms with Gasteiger partial charge >= 0.3 is 0 Å². The van der Waals surface area contributed by atoms with Gasteiger partial charge in [0.1, 0.15) is 11.6 Å². The van der Waals surface area contributed by atoms with Crippen molar-refractivity contribution in [1.29, 1.82) is 0 Å². The predicted molar refractivity (Wildman–Crippen MR) is 67.9 cm³/mol. The molecule has 4 heteroatoms. The lowest BCUT2D eigenvalue weighted by Crippen LogP contribution is -2.10. The van der Waals surface area contributed by atoms with Gasteiger partial charge in [-0.2, -0.15) is 0 Å². The van der Waals surface area contributed by atoms with Crippen LogP contribution in [0.4, 0.5) is 4.39 Å².